The van der Waals surface area contributed by atoms with Gasteiger partial charge in [-0.3, -0.25) is 9.59 Å². The Hall–Kier alpha value is -2.00. The summed E-state index contributed by atoms with van der Waals surface area (Å²) in [4.78, 5) is 25.9. The highest BCUT2D eigenvalue weighted by atomic mass is 32.2. The Balaban J connectivity index is 2.59. The molecule has 0 aliphatic heterocycles. The first kappa shape index (κ1) is 15.1. The molecule has 104 valence electrons. The monoisotopic (exact) mass is 286 g/mol. The molecule has 0 saturated heterocycles. The molecule has 0 aromatic carbocycles. The molecule has 0 bridgehead atoms. The molecular formula is C10H14N4O4S. The molecule has 0 aliphatic carbocycles. The lowest BCUT2D eigenvalue weighted by molar-refractivity contribution is -0.123. The average molecular weight is 286 g/mol. The number of nitrogens with two attached hydrogens (primary N) is 1. The third-order valence-corrected chi connectivity index (χ3v) is 3.03. The standard InChI is InChI=1S/C10H14N4O4S/c1-19(17,18)10-3-2-7(5-13-10)14-9(16)6-12-8(15)4-11/h2-3,5H,4,6,11H2,1H3,(H,12,15)(H,14,16). The van der Waals surface area contributed by atoms with E-state index in [-0.39, 0.29) is 18.1 Å². The number of amides is 2. The third-order valence-electron chi connectivity index (χ3n) is 2.03. The lowest BCUT2D eigenvalue weighted by Crippen LogP contribution is -2.36. The van der Waals surface area contributed by atoms with Crippen molar-refractivity contribution in [2.24, 2.45) is 5.73 Å². The lowest BCUT2D eigenvalue weighted by Gasteiger charge is -2.06. The van der Waals surface area contributed by atoms with Crippen LogP contribution in [0.4, 0.5) is 5.69 Å². The van der Waals surface area contributed by atoms with Crippen LogP contribution in [0.5, 0.6) is 0 Å². The van der Waals surface area contributed by atoms with Crippen molar-refractivity contribution in [1.29, 1.82) is 0 Å². The Kier molecular flexibility index (Phi) is 4.95. The fourth-order valence-electron chi connectivity index (χ4n) is 1.13. The van der Waals surface area contributed by atoms with Crippen molar-refractivity contribution < 1.29 is 18.0 Å². The number of aromatic nitrogens is 1. The molecule has 1 heterocycles. The summed E-state index contributed by atoms with van der Waals surface area (Å²) in [6, 6.07) is 2.69. The van der Waals surface area contributed by atoms with Crippen LogP contribution in [-0.4, -0.2) is 44.6 Å². The maximum Gasteiger partial charge on any atom is 0.243 e. The van der Waals surface area contributed by atoms with Crippen molar-refractivity contribution in [3.63, 3.8) is 0 Å². The summed E-state index contributed by atoms with van der Waals surface area (Å²) < 4.78 is 22.3. The number of hydrogen-bond donors (Lipinski definition) is 3. The Bertz CT molecular complexity index is 568. The van der Waals surface area contributed by atoms with Crippen molar-refractivity contribution in [3.05, 3.63) is 18.3 Å². The molecule has 9 heteroatoms. The highest BCUT2D eigenvalue weighted by molar-refractivity contribution is 7.90. The van der Waals surface area contributed by atoms with Gasteiger partial charge < -0.3 is 16.4 Å². The topological polar surface area (TPSA) is 131 Å². The van der Waals surface area contributed by atoms with Crippen molar-refractivity contribution >= 4 is 27.3 Å². The van der Waals surface area contributed by atoms with Gasteiger partial charge in [0.05, 0.1) is 25.0 Å². The second kappa shape index (κ2) is 6.25. The van der Waals surface area contributed by atoms with E-state index in [0.29, 0.717) is 5.69 Å². The van der Waals surface area contributed by atoms with Gasteiger partial charge in [-0.05, 0) is 12.1 Å². The Morgan fingerprint density at radius 2 is 2.00 bits per heavy atom. The molecule has 0 atom stereocenters. The number of anilines is 1. The summed E-state index contributed by atoms with van der Waals surface area (Å²) in [5.41, 5.74) is 5.39. The minimum atomic E-state index is -3.37. The largest absolute Gasteiger partial charge is 0.346 e. The number of sulfone groups is 1. The Labute approximate surface area is 110 Å². The summed E-state index contributed by atoms with van der Waals surface area (Å²) in [5, 5.41) is 4.66. The van der Waals surface area contributed by atoms with E-state index in [2.05, 4.69) is 15.6 Å². The molecule has 2 amide bonds. The maximum atomic E-state index is 11.4. The Morgan fingerprint density at radius 1 is 1.32 bits per heavy atom. The SMILES string of the molecule is CS(=O)(=O)c1ccc(NC(=O)CNC(=O)CN)cn1. The zero-order valence-corrected chi connectivity index (χ0v) is 11.0. The van der Waals surface area contributed by atoms with Crippen LogP contribution in [0.3, 0.4) is 0 Å². The van der Waals surface area contributed by atoms with Crippen molar-refractivity contribution in [3.8, 4) is 0 Å². The van der Waals surface area contributed by atoms with Gasteiger partial charge in [0.25, 0.3) is 0 Å². The van der Waals surface area contributed by atoms with Gasteiger partial charge in [-0.25, -0.2) is 13.4 Å². The first-order valence-corrected chi connectivity index (χ1v) is 7.15. The molecular weight excluding hydrogens is 272 g/mol. The highest BCUT2D eigenvalue weighted by Gasteiger charge is 2.09. The molecule has 1 aromatic heterocycles. The second-order valence-electron chi connectivity index (χ2n) is 3.69. The van der Waals surface area contributed by atoms with Gasteiger partial charge in [-0.15, -0.1) is 0 Å². The zero-order chi connectivity index (χ0) is 14.5. The van der Waals surface area contributed by atoms with E-state index in [1.807, 2.05) is 0 Å². The van der Waals surface area contributed by atoms with Gasteiger partial charge >= 0.3 is 0 Å². The van der Waals surface area contributed by atoms with Crippen LogP contribution in [0, 0.1) is 0 Å². The molecule has 19 heavy (non-hydrogen) atoms. The van der Waals surface area contributed by atoms with E-state index >= 15 is 0 Å². The van der Waals surface area contributed by atoms with Crippen molar-refractivity contribution in [2.75, 3.05) is 24.7 Å². The number of carbonyl (C=O) groups is 2. The molecule has 1 rings (SSSR count). The van der Waals surface area contributed by atoms with Crippen molar-refractivity contribution in [2.45, 2.75) is 5.03 Å². The summed E-state index contributed by atoms with van der Waals surface area (Å²) in [7, 11) is -3.37. The van der Waals surface area contributed by atoms with Gasteiger partial charge in [-0.1, -0.05) is 0 Å². The average Bonchev–Trinajstić information content (AvgIpc) is 2.35. The molecule has 1 aromatic rings. The van der Waals surface area contributed by atoms with E-state index < -0.39 is 21.7 Å². The maximum absolute atomic E-state index is 11.4. The van der Waals surface area contributed by atoms with Gasteiger partial charge in [0.15, 0.2) is 14.9 Å². The minimum Gasteiger partial charge on any atom is -0.346 e. The lowest BCUT2D eigenvalue weighted by atomic mass is 10.4. The smallest absolute Gasteiger partial charge is 0.243 e. The van der Waals surface area contributed by atoms with Crippen molar-refractivity contribution in [1.82, 2.24) is 10.3 Å². The fourth-order valence-corrected chi connectivity index (χ4v) is 1.69. The molecule has 0 spiro atoms. The highest BCUT2D eigenvalue weighted by Crippen LogP contribution is 2.09. The molecule has 8 nitrogen and oxygen atoms in total. The fraction of sp³-hybridized carbons (Fsp3) is 0.300. The first-order chi connectivity index (χ1) is 8.82. The third kappa shape index (κ3) is 5.02. The van der Waals surface area contributed by atoms with Crippen LogP contribution in [0.2, 0.25) is 0 Å². The normalized spacial score (nSPS) is 10.8. The van der Waals surface area contributed by atoms with Gasteiger partial charge in [0, 0.05) is 6.26 Å². The van der Waals surface area contributed by atoms with E-state index in [4.69, 9.17) is 5.73 Å². The van der Waals surface area contributed by atoms with Crippen LogP contribution in [-0.2, 0) is 19.4 Å². The Morgan fingerprint density at radius 3 is 2.47 bits per heavy atom. The van der Waals surface area contributed by atoms with Crippen LogP contribution >= 0.6 is 0 Å². The quantitative estimate of drug-likeness (QED) is 0.603. The first-order valence-electron chi connectivity index (χ1n) is 5.25. The van der Waals surface area contributed by atoms with Crippen LogP contribution in [0.1, 0.15) is 0 Å². The second-order valence-corrected chi connectivity index (χ2v) is 5.65. The number of hydrogen-bond acceptors (Lipinski definition) is 6. The zero-order valence-electron chi connectivity index (χ0n) is 10.2. The van der Waals surface area contributed by atoms with Crippen LogP contribution < -0.4 is 16.4 Å². The number of nitrogens with zero attached hydrogens (tertiary/aromatic N) is 1. The summed E-state index contributed by atoms with van der Waals surface area (Å²) in [6.07, 6.45) is 2.26. The van der Waals surface area contributed by atoms with E-state index in [1.54, 1.807) is 0 Å². The van der Waals surface area contributed by atoms with Crippen LogP contribution in [0.15, 0.2) is 23.4 Å². The van der Waals surface area contributed by atoms with E-state index in [9.17, 15) is 18.0 Å². The summed E-state index contributed by atoms with van der Waals surface area (Å²) in [5.74, 6) is -0.906. The molecule has 0 radical (unpaired) electrons. The summed E-state index contributed by atoms with van der Waals surface area (Å²) >= 11 is 0. The minimum absolute atomic E-state index is 0.0815. The molecule has 0 aliphatic rings. The van der Waals surface area contributed by atoms with Gasteiger partial charge in [-0.2, -0.15) is 0 Å². The number of pyridine rings is 1. The molecule has 4 N–H and O–H groups in total. The predicted octanol–water partition coefficient (Wildman–Crippen LogP) is -1.50. The predicted molar refractivity (Wildman–Crippen MR) is 68.0 cm³/mol. The molecule has 0 saturated carbocycles. The van der Waals surface area contributed by atoms with E-state index in [0.717, 1.165) is 6.26 Å². The van der Waals surface area contributed by atoms with E-state index in [1.165, 1.54) is 18.3 Å². The van der Waals surface area contributed by atoms with Crippen LogP contribution in [0.25, 0.3) is 0 Å². The van der Waals surface area contributed by atoms with Gasteiger partial charge in [0.2, 0.25) is 11.8 Å². The molecule has 0 unspecified atom stereocenters. The number of carbonyl (C=O) groups excluding carboxylic acids is 2. The number of nitrogens with one attached hydrogen (secondary N) is 2. The van der Waals surface area contributed by atoms with Gasteiger partial charge in [0.1, 0.15) is 0 Å². The summed E-state index contributed by atoms with van der Waals surface area (Å²) in [6.45, 7) is -0.415. The number of rotatable bonds is 5. The molecule has 0 fully saturated rings.